The zero-order valence-electron chi connectivity index (χ0n) is 9.18. The summed E-state index contributed by atoms with van der Waals surface area (Å²) in [6, 6.07) is 7.40. The maximum Gasteiger partial charge on any atom is 0.389 e. The van der Waals surface area contributed by atoms with E-state index in [0.717, 1.165) is 6.42 Å². The van der Waals surface area contributed by atoms with Crippen molar-refractivity contribution in [1.29, 1.82) is 0 Å². The fourth-order valence-corrected chi connectivity index (χ4v) is 1.28. The third-order valence-electron chi connectivity index (χ3n) is 2.20. The number of rotatable bonds is 5. The van der Waals surface area contributed by atoms with Gasteiger partial charge in [0, 0.05) is 6.42 Å². The number of hydrogen-bond acceptors (Lipinski definition) is 1. The van der Waals surface area contributed by atoms with Gasteiger partial charge in [0.1, 0.15) is 5.75 Å². The predicted octanol–water partition coefficient (Wildman–Crippen LogP) is 3.97. The van der Waals surface area contributed by atoms with E-state index in [1.54, 1.807) is 12.1 Å². The highest BCUT2D eigenvalue weighted by atomic mass is 19.4. The Hall–Kier alpha value is -1.19. The lowest BCUT2D eigenvalue weighted by atomic mass is 10.2. The van der Waals surface area contributed by atoms with Crippen LogP contribution in [0.2, 0.25) is 0 Å². The van der Waals surface area contributed by atoms with Crippen LogP contribution in [0.5, 0.6) is 5.75 Å². The topological polar surface area (TPSA) is 9.23 Å². The highest BCUT2D eigenvalue weighted by molar-refractivity contribution is 5.27. The van der Waals surface area contributed by atoms with E-state index in [-0.39, 0.29) is 13.0 Å². The molecule has 0 radical (unpaired) electrons. The Morgan fingerprint density at radius 1 is 1.12 bits per heavy atom. The standard InChI is InChI=1S/C12H15F3O/c1-2-10-4-6-11(7-5-10)16-9-3-8-12(13,14)15/h4-7H,2-3,8-9H2,1H3. The van der Waals surface area contributed by atoms with Crippen LogP contribution in [-0.2, 0) is 6.42 Å². The molecule has 4 heteroatoms. The first-order valence-corrected chi connectivity index (χ1v) is 5.30. The number of ether oxygens (including phenoxy) is 1. The van der Waals surface area contributed by atoms with Gasteiger partial charge in [-0.3, -0.25) is 0 Å². The van der Waals surface area contributed by atoms with E-state index in [1.165, 1.54) is 5.56 Å². The summed E-state index contributed by atoms with van der Waals surface area (Å²) >= 11 is 0. The molecule has 16 heavy (non-hydrogen) atoms. The third-order valence-corrected chi connectivity index (χ3v) is 2.20. The Bertz CT molecular complexity index is 303. The second-order valence-corrected chi connectivity index (χ2v) is 3.56. The van der Waals surface area contributed by atoms with Crippen molar-refractivity contribution in [2.24, 2.45) is 0 Å². The molecule has 0 atom stereocenters. The van der Waals surface area contributed by atoms with Crippen LogP contribution in [0.25, 0.3) is 0 Å². The van der Waals surface area contributed by atoms with Crippen molar-refractivity contribution in [1.82, 2.24) is 0 Å². The smallest absolute Gasteiger partial charge is 0.389 e. The molecular formula is C12H15F3O. The first-order valence-electron chi connectivity index (χ1n) is 5.30. The molecule has 1 rings (SSSR count). The fraction of sp³-hybridized carbons (Fsp3) is 0.500. The Balaban J connectivity index is 2.27. The lowest BCUT2D eigenvalue weighted by molar-refractivity contribution is -0.136. The van der Waals surface area contributed by atoms with Crippen molar-refractivity contribution in [3.05, 3.63) is 29.8 Å². The molecule has 0 saturated heterocycles. The quantitative estimate of drug-likeness (QED) is 0.698. The monoisotopic (exact) mass is 232 g/mol. The molecular weight excluding hydrogens is 217 g/mol. The molecule has 0 aromatic heterocycles. The average molecular weight is 232 g/mol. The van der Waals surface area contributed by atoms with E-state index >= 15 is 0 Å². The summed E-state index contributed by atoms with van der Waals surface area (Å²) in [6.45, 7) is 2.14. The molecule has 0 spiro atoms. The SMILES string of the molecule is CCc1ccc(OCCCC(F)(F)F)cc1. The predicted molar refractivity (Wildman–Crippen MR) is 56.6 cm³/mol. The summed E-state index contributed by atoms with van der Waals surface area (Å²) in [6.07, 6.45) is -3.94. The van der Waals surface area contributed by atoms with Gasteiger partial charge in [-0.25, -0.2) is 0 Å². The maximum atomic E-state index is 11.8. The van der Waals surface area contributed by atoms with Crippen molar-refractivity contribution in [2.75, 3.05) is 6.61 Å². The Labute approximate surface area is 93.2 Å². The minimum atomic E-state index is -4.09. The van der Waals surface area contributed by atoms with Crippen LogP contribution in [-0.4, -0.2) is 12.8 Å². The largest absolute Gasteiger partial charge is 0.494 e. The van der Waals surface area contributed by atoms with Gasteiger partial charge in [-0.2, -0.15) is 13.2 Å². The molecule has 0 aliphatic heterocycles. The second kappa shape index (κ2) is 5.77. The van der Waals surface area contributed by atoms with Crippen LogP contribution in [0.15, 0.2) is 24.3 Å². The fourth-order valence-electron chi connectivity index (χ4n) is 1.28. The lowest BCUT2D eigenvalue weighted by Crippen LogP contribution is -2.09. The minimum absolute atomic E-state index is 0.000963. The molecule has 0 heterocycles. The van der Waals surface area contributed by atoms with Gasteiger partial charge < -0.3 is 4.74 Å². The molecule has 0 saturated carbocycles. The molecule has 0 aliphatic carbocycles. The summed E-state index contributed by atoms with van der Waals surface area (Å²) in [4.78, 5) is 0. The normalized spacial score (nSPS) is 11.5. The van der Waals surface area contributed by atoms with Crippen molar-refractivity contribution in [3.8, 4) is 5.75 Å². The summed E-state index contributed by atoms with van der Waals surface area (Å²) in [5, 5.41) is 0. The van der Waals surface area contributed by atoms with Gasteiger partial charge in [0.25, 0.3) is 0 Å². The van der Waals surface area contributed by atoms with Crippen LogP contribution in [0.1, 0.15) is 25.3 Å². The van der Waals surface area contributed by atoms with Gasteiger partial charge in [-0.15, -0.1) is 0 Å². The number of aryl methyl sites for hydroxylation is 1. The van der Waals surface area contributed by atoms with E-state index < -0.39 is 12.6 Å². The van der Waals surface area contributed by atoms with Gasteiger partial charge in [0.15, 0.2) is 0 Å². The molecule has 90 valence electrons. The van der Waals surface area contributed by atoms with E-state index in [1.807, 2.05) is 19.1 Å². The number of alkyl halides is 3. The van der Waals surface area contributed by atoms with Crippen LogP contribution >= 0.6 is 0 Å². The lowest BCUT2D eigenvalue weighted by Gasteiger charge is -2.08. The van der Waals surface area contributed by atoms with Crippen LogP contribution in [0, 0.1) is 0 Å². The van der Waals surface area contributed by atoms with Crippen molar-refractivity contribution >= 4 is 0 Å². The summed E-state index contributed by atoms with van der Waals surface area (Å²) in [5.41, 5.74) is 1.18. The Morgan fingerprint density at radius 2 is 1.75 bits per heavy atom. The molecule has 1 nitrogen and oxygen atoms in total. The van der Waals surface area contributed by atoms with Crippen LogP contribution < -0.4 is 4.74 Å². The first kappa shape index (κ1) is 12.9. The van der Waals surface area contributed by atoms with Crippen LogP contribution in [0.3, 0.4) is 0 Å². The van der Waals surface area contributed by atoms with E-state index in [2.05, 4.69) is 0 Å². The van der Waals surface area contributed by atoms with Crippen LogP contribution in [0.4, 0.5) is 13.2 Å². The summed E-state index contributed by atoms with van der Waals surface area (Å²) in [5.74, 6) is 0.624. The molecule has 0 unspecified atom stereocenters. The van der Waals surface area contributed by atoms with Gasteiger partial charge >= 0.3 is 6.18 Å². The van der Waals surface area contributed by atoms with Crippen molar-refractivity contribution in [2.45, 2.75) is 32.4 Å². The van der Waals surface area contributed by atoms with Gasteiger partial charge in [0.05, 0.1) is 6.61 Å². The molecule has 0 bridgehead atoms. The zero-order valence-corrected chi connectivity index (χ0v) is 9.18. The first-order chi connectivity index (χ1) is 7.51. The van der Waals surface area contributed by atoms with Crippen molar-refractivity contribution < 1.29 is 17.9 Å². The molecule has 0 N–H and O–H groups in total. The summed E-state index contributed by atoms with van der Waals surface area (Å²) in [7, 11) is 0. The highest BCUT2D eigenvalue weighted by Gasteiger charge is 2.25. The molecule has 1 aromatic rings. The molecule has 0 amide bonds. The Morgan fingerprint density at radius 3 is 2.25 bits per heavy atom. The average Bonchev–Trinajstić information content (AvgIpc) is 2.24. The van der Waals surface area contributed by atoms with Gasteiger partial charge in [-0.05, 0) is 30.5 Å². The van der Waals surface area contributed by atoms with Gasteiger partial charge in [0.2, 0.25) is 0 Å². The third kappa shape index (κ3) is 5.05. The Kier molecular flexibility index (Phi) is 4.65. The minimum Gasteiger partial charge on any atom is -0.494 e. The highest BCUT2D eigenvalue weighted by Crippen LogP contribution is 2.21. The summed E-state index contributed by atoms with van der Waals surface area (Å²) < 4.78 is 40.7. The number of halogens is 3. The zero-order chi connectivity index (χ0) is 12.0. The molecule has 1 aromatic carbocycles. The van der Waals surface area contributed by atoms with E-state index in [4.69, 9.17) is 4.74 Å². The maximum absolute atomic E-state index is 11.8. The van der Waals surface area contributed by atoms with E-state index in [0.29, 0.717) is 5.75 Å². The van der Waals surface area contributed by atoms with Crippen molar-refractivity contribution in [3.63, 3.8) is 0 Å². The number of hydrogen-bond donors (Lipinski definition) is 0. The second-order valence-electron chi connectivity index (χ2n) is 3.56. The molecule has 0 fully saturated rings. The van der Waals surface area contributed by atoms with E-state index in [9.17, 15) is 13.2 Å². The van der Waals surface area contributed by atoms with Gasteiger partial charge in [-0.1, -0.05) is 19.1 Å². The molecule has 0 aliphatic rings. The number of benzene rings is 1.